The zero-order valence-corrected chi connectivity index (χ0v) is 11.0. The van der Waals surface area contributed by atoms with E-state index in [2.05, 4.69) is 29.4 Å². The molecule has 2 amide bonds. The Balaban J connectivity index is 2.16. The van der Waals surface area contributed by atoms with Gasteiger partial charge in [-0.15, -0.1) is 0 Å². The van der Waals surface area contributed by atoms with Crippen LogP contribution in [0, 0.1) is 0 Å². The highest BCUT2D eigenvalue weighted by Crippen LogP contribution is 2.12. The third-order valence-electron chi connectivity index (χ3n) is 3.35. The Morgan fingerprint density at radius 1 is 1.35 bits per heavy atom. The van der Waals surface area contributed by atoms with Crippen LogP contribution in [0.4, 0.5) is 4.79 Å². The van der Waals surface area contributed by atoms with Gasteiger partial charge in [0.05, 0.1) is 0 Å². The van der Waals surface area contributed by atoms with Crippen LogP contribution in [0.2, 0.25) is 0 Å². The number of rotatable bonds is 5. The molecule has 1 rings (SSSR count). The smallest absolute Gasteiger partial charge is 0.312 e. The van der Waals surface area contributed by atoms with Crippen molar-refractivity contribution in [2.24, 2.45) is 5.73 Å². The maximum atomic E-state index is 10.5. The van der Waals surface area contributed by atoms with E-state index >= 15 is 0 Å². The van der Waals surface area contributed by atoms with Crippen LogP contribution in [-0.4, -0.2) is 49.2 Å². The molecule has 1 fully saturated rings. The minimum Gasteiger partial charge on any atom is -0.352 e. The summed E-state index contributed by atoms with van der Waals surface area (Å²) in [5, 5.41) is 6.07. The molecule has 0 bridgehead atoms. The van der Waals surface area contributed by atoms with Crippen molar-refractivity contribution in [1.29, 1.82) is 0 Å². The summed E-state index contributed by atoms with van der Waals surface area (Å²) < 4.78 is 0. The molecule has 0 aromatic heterocycles. The minimum absolute atomic E-state index is 0.446. The Labute approximate surface area is 104 Å². The molecule has 1 saturated heterocycles. The topological polar surface area (TPSA) is 70.4 Å². The quantitative estimate of drug-likeness (QED) is 0.615. The second kappa shape index (κ2) is 7.50. The van der Waals surface area contributed by atoms with Crippen molar-refractivity contribution in [3.63, 3.8) is 0 Å². The number of likely N-dealkylation sites (tertiary alicyclic amines) is 1. The van der Waals surface area contributed by atoms with E-state index in [9.17, 15) is 4.79 Å². The highest BCUT2D eigenvalue weighted by Gasteiger charge is 2.17. The molecule has 1 heterocycles. The number of urea groups is 1. The molecule has 5 heteroatoms. The van der Waals surface area contributed by atoms with Crippen LogP contribution < -0.4 is 16.4 Å². The molecular weight excluding hydrogens is 216 g/mol. The number of nitrogens with two attached hydrogens (primary N) is 1. The highest BCUT2D eigenvalue weighted by molar-refractivity contribution is 5.71. The summed E-state index contributed by atoms with van der Waals surface area (Å²) in [6, 6.07) is 0.775. The van der Waals surface area contributed by atoms with Crippen LogP contribution >= 0.6 is 0 Å². The van der Waals surface area contributed by atoms with Gasteiger partial charge in [0.2, 0.25) is 0 Å². The normalized spacial score (nSPS) is 22.4. The van der Waals surface area contributed by atoms with E-state index in [1.54, 1.807) is 0 Å². The summed E-state index contributed by atoms with van der Waals surface area (Å²) in [6.45, 7) is 8.29. The van der Waals surface area contributed by atoms with Gasteiger partial charge in [-0.3, -0.25) is 0 Å². The van der Waals surface area contributed by atoms with Crippen LogP contribution in [0.25, 0.3) is 0 Å². The molecule has 0 spiro atoms. The lowest BCUT2D eigenvalue weighted by molar-refractivity contribution is 0.229. The van der Waals surface area contributed by atoms with Crippen molar-refractivity contribution in [3.05, 3.63) is 0 Å². The van der Waals surface area contributed by atoms with Crippen LogP contribution in [0.5, 0.6) is 0 Å². The Bertz CT molecular complexity index is 233. The van der Waals surface area contributed by atoms with Gasteiger partial charge >= 0.3 is 6.03 Å². The predicted octanol–water partition coefficient (Wildman–Crippen LogP) is 0.507. The zero-order valence-electron chi connectivity index (χ0n) is 11.0. The largest absolute Gasteiger partial charge is 0.352 e. The summed E-state index contributed by atoms with van der Waals surface area (Å²) in [6.07, 6.45) is 3.66. The fraction of sp³-hybridized carbons (Fsp3) is 0.917. The number of amides is 2. The first kappa shape index (κ1) is 14.3. The van der Waals surface area contributed by atoms with Crippen molar-refractivity contribution >= 4 is 6.03 Å². The molecule has 0 aromatic carbocycles. The molecule has 1 unspecified atom stereocenters. The first-order valence-electron chi connectivity index (χ1n) is 6.60. The van der Waals surface area contributed by atoms with Crippen LogP contribution in [0.1, 0.15) is 33.1 Å². The monoisotopic (exact) mass is 242 g/mol. The molecule has 100 valence electrons. The molecule has 0 aliphatic carbocycles. The molecule has 1 aliphatic rings. The van der Waals surface area contributed by atoms with Gasteiger partial charge in [0.1, 0.15) is 0 Å². The summed E-state index contributed by atoms with van der Waals surface area (Å²) in [5.41, 5.74) is 5.00. The number of carbonyl (C=O) groups is 1. The van der Waals surface area contributed by atoms with E-state index in [0.717, 1.165) is 6.54 Å². The number of nitrogens with one attached hydrogen (secondary N) is 2. The van der Waals surface area contributed by atoms with Gasteiger partial charge in [-0.25, -0.2) is 4.79 Å². The Hall–Kier alpha value is -0.810. The van der Waals surface area contributed by atoms with Crippen molar-refractivity contribution in [2.75, 3.05) is 26.2 Å². The molecule has 0 aromatic rings. The van der Waals surface area contributed by atoms with Gasteiger partial charge in [-0.05, 0) is 46.2 Å². The summed E-state index contributed by atoms with van der Waals surface area (Å²) >= 11 is 0. The Morgan fingerprint density at radius 3 is 2.76 bits per heavy atom. The summed E-state index contributed by atoms with van der Waals surface area (Å²) in [4.78, 5) is 13.0. The van der Waals surface area contributed by atoms with Crippen molar-refractivity contribution in [3.8, 4) is 0 Å². The third kappa shape index (κ3) is 5.89. The van der Waals surface area contributed by atoms with Crippen molar-refractivity contribution in [2.45, 2.75) is 45.2 Å². The fourth-order valence-electron chi connectivity index (χ4n) is 2.30. The number of hydrogen-bond donors (Lipinski definition) is 3. The van der Waals surface area contributed by atoms with E-state index in [1.165, 1.54) is 32.4 Å². The molecule has 0 radical (unpaired) electrons. The first-order chi connectivity index (χ1) is 8.09. The number of hydrogen-bond acceptors (Lipinski definition) is 3. The maximum absolute atomic E-state index is 10.5. The Morgan fingerprint density at radius 2 is 2.12 bits per heavy atom. The van der Waals surface area contributed by atoms with Crippen molar-refractivity contribution in [1.82, 2.24) is 15.5 Å². The van der Waals surface area contributed by atoms with Gasteiger partial charge in [0, 0.05) is 25.2 Å². The van der Waals surface area contributed by atoms with E-state index in [0.29, 0.717) is 18.6 Å². The van der Waals surface area contributed by atoms with E-state index in [-0.39, 0.29) is 0 Å². The SMILES string of the molecule is CC(C)N1CCCC(NCCNC(N)=O)CC1. The van der Waals surface area contributed by atoms with Gasteiger partial charge < -0.3 is 21.3 Å². The van der Waals surface area contributed by atoms with Gasteiger partial charge in [0.25, 0.3) is 0 Å². The van der Waals surface area contributed by atoms with Crippen LogP contribution in [0.3, 0.4) is 0 Å². The molecule has 5 nitrogen and oxygen atoms in total. The van der Waals surface area contributed by atoms with Gasteiger partial charge in [-0.1, -0.05) is 0 Å². The standard InChI is InChI=1S/C12H26N4O/c1-10(2)16-8-3-4-11(5-9-16)14-6-7-15-12(13)17/h10-11,14H,3-9H2,1-2H3,(H3,13,15,17). The third-order valence-corrected chi connectivity index (χ3v) is 3.35. The fourth-order valence-corrected chi connectivity index (χ4v) is 2.30. The van der Waals surface area contributed by atoms with Gasteiger partial charge in [-0.2, -0.15) is 0 Å². The van der Waals surface area contributed by atoms with Crippen LogP contribution in [0.15, 0.2) is 0 Å². The summed E-state index contributed by atoms with van der Waals surface area (Å²) in [7, 11) is 0. The maximum Gasteiger partial charge on any atom is 0.312 e. The molecular formula is C12H26N4O. The van der Waals surface area contributed by atoms with Crippen molar-refractivity contribution < 1.29 is 4.79 Å². The average Bonchev–Trinajstić information content (AvgIpc) is 2.49. The molecule has 1 atom stereocenters. The number of nitrogens with zero attached hydrogens (tertiary/aromatic N) is 1. The minimum atomic E-state index is -0.446. The Kier molecular flexibility index (Phi) is 6.29. The zero-order chi connectivity index (χ0) is 12.7. The lowest BCUT2D eigenvalue weighted by Gasteiger charge is -2.24. The van der Waals surface area contributed by atoms with E-state index in [4.69, 9.17) is 5.73 Å². The lowest BCUT2D eigenvalue weighted by Crippen LogP contribution is -2.39. The average molecular weight is 242 g/mol. The number of primary amides is 1. The highest BCUT2D eigenvalue weighted by atomic mass is 16.2. The van der Waals surface area contributed by atoms with Gasteiger partial charge in [0.15, 0.2) is 0 Å². The molecule has 17 heavy (non-hydrogen) atoms. The molecule has 4 N–H and O–H groups in total. The van der Waals surface area contributed by atoms with E-state index < -0.39 is 6.03 Å². The molecule has 0 saturated carbocycles. The summed E-state index contributed by atoms with van der Waals surface area (Å²) in [5.74, 6) is 0. The second-order valence-corrected chi connectivity index (χ2v) is 5.00. The second-order valence-electron chi connectivity index (χ2n) is 5.00. The lowest BCUT2D eigenvalue weighted by atomic mass is 10.1. The number of carbonyl (C=O) groups excluding carboxylic acids is 1. The van der Waals surface area contributed by atoms with E-state index in [1.807, 2.05) is 0 Å². The van der Waals surface area contributed by atoms with Crippen LogP contribution in [-0.2, 0) is 0 Å². The predicted molar refractivity (Wildman–Crippen MR) is 69.9 cm³/mol. The molecule has 1 aliphatic heterocycles. The first-order valence-corrected chi connectivity index (χ1v) is 6.60.